The van der Waals surface area contributed by atoms with Crippen LogP contribution < -0.4 is 15.8 Å². The molecule has 0 spiro atoms. The molecule has 0 saturated carbocycles. The lowest BCUT2D eigenvalue weighted by atomic mass is 10.1. The van der Waals surface area contributed by atoms with E-state index in [9.17, 15) is 13.2 Å². The monoisotopic (exact) mass is 383 g/mol. The van der Waals surface area contributed by atoms with Gasteiger partial charge in [-0.1, -0.05) is 31.7 Å². The molecule has 0 saturated heterocycles. The van der Waals surface area contributed by atoms with Crippen molar-refractivity contribution in [2.75, 3.05) is 4.72 Å². The Hall–Kier alpha value is -3.46. The molecular weight excluding hydrogens is 366 g/mol. The van der Waals surface area contributed by atoms with Crippen molar-refractivity contribution < 1.29 is 13.2 Å². The van der Waals surface area contributed by atoms with Crippen LogP contribution in [0.2, 0.25) is 0 Å². The molecule has 9 heteroatoms. The third kappa shape index (κ3) is 3.44. The van der Waals surface area contributed by atoms with E-state index in [4.69, 9.17) is 5.73 Å². The summed E-state index contributed by atoms with van der Waals surface area (Å²) < 4.78 is 27.7. The van der Waals surface area contributed by atoms with Crippen LogP contribution in [0.1, 0.15) is 17.8 Å². The van der Waals surface area contributed by atoms with Crippen LogP contribution in [0, 0.1) is 0 Å². The van der Waals surface area contributed by atoms with Gasteiger partial charge in [-0.2, -0.15) is 0 Å². The molecular formula is C18H17N5O3S. The SMILES string of the molecule is C.NC1=Nc2cccc(c2)S(=O)(=O)Nc2cc(c3ccccc3n2)C(=O)N1. The topological polar surface area (TPSA) is 127 Å². The maximum absolute atomic E-state index is 12.7. The Bertz CT molecular complexity index is 1190. The zero-order chi connectivity index (χ0) is 18.3. The lowest BCUT2D eigenvalue weighted by molar-refractivity contribution is 0.0978. The van der Waals surface area contributed by atoms with E-state index in [-0.39, 0.29) is 29.7 Å². The number of guanidine groups is 1. The summed E-state index contributed by atoms with van der Waals surface area (Å²) >= 11 is 0. The highest BCUT2D eigenvalue weighted by atomic mass is 32.2. The number of aliphatic imine (C=N–C) groups is 1. The molecule has 0 fully saturated rings. The molecule has 0 atom stereocenters. The van der Waals surface area contributed by atoms with E-state index in [1.165, 1.54) is 24.3 Å². The van der Waals surface area contributed by atoms with Crippen LogP contribution in [0.25, 0.3) is 10.9 Å². The standard InChI is InChI=1S/C17H13N5O3S.CH4/c18-17-19-10-4-3-5-11(8-10)26(24,25)22-15-9-13(16(23)21-17)12-6-1-2-7-14(12)20-15;/h1-9H,(H,20,22)(H3,18,19,21,23);1H4. The number of fused-ring (bicyclic) bond motifs is 6. The minimum Gasteiger partial charge on any atom is -0.369 e. The number of amides is 1. The maximum Gasteiger partial charge on any atom is 0.263 e. The van der Waals surface area contributed by atoms with E-state index >= 15 is 0 Å². The first-order chi connectivity index (χ1) is 12.4. The number of hydrogen-bond donors (Lipinski definition) is 3. The van der Waals surface area contributed by atoms with Gasteiger partial charge in [-0.25, -0.2) is 18.4 Å². The Morgan fingerprint density at radius 3 is 2.59 bits per heavy atom. The number of carbonyl (C=O) groups excluding carboxylic acids is 1. The molecule has 0 aliphatic carbocycles. The molecule has 2 aromatic carbocycles. The molecule has 4 N–H and O–H groups in total. The molecule has 2 heterocycles. The number of sulfonamides is 1. The van der Waals surface area contributed by atoms with Gasteiger partial charge in [-0.05, 0) is 30.3 Å². The van der Waals surface area contributed by atoms with Gasteiger partial charge in [0.05, 0.1) is 21.7 Å². The Morgan fingerprint density at radius 1 is 1.00 bits per heavy atom. The predicted molar refractivity (Wildman–Crippen MR) is 104 cm³/mol. The number of rotatable bonds is 0. The average molecular weight is 383 g/mol. The van der Waals surface area contributed by atoms with E-state index in [0.717, 1.165) is 0 Å². The number of para-hydroxylation sites is 1. The van der Waals surface area contributed by atoms with Crippen molar-refractivity contribution in [2.24, 2.45) is 10.7 Å². The zero-order valence-electron chi connectivity index (χ0n) is 13.3. The van der Waals surface area contributed by atoms with Crippen molar-refractivity contribution in [3.8, 4) is 0 Å². The second-order valence-corrected chi connectivity index (χ2v) is 7.31. The minimum absolute atomic E-state index is 0. The highest BCUT2D eigenvalue weighted by Crippen LogP contribution is 2.25. The molecule has 1 aromatic heterocycles. The van der Waals surface area contributed by atoms with Gasteiger partial charge in [-0.3, -0.25) is 14.8 Å². The van der Waals surface area contributed by atoms with Gasteiger partial charge in [0.15, 0.2) is 0 Å². The molecule has 1 aliphatic rings. The largest absolute Gasteiger partial charge is 0.369 e. The van der Waals surface area contributed by atoms with E-state index in [0.29, 0.717) is 16.6 Å². The summed E-state index contributed by atoms with van der Waals surface area (Å²) in [6.07, 6.45) is 0. The third-order valence-corrected chi connectivity index (χ3v) is 5.17. The predicted octanol–water partition coefficient (Wildman–Crippen LogP) is 2.36. The van der Waals surface area contributed by atoms with Crippen LogP contribution in [0.15, 0.2) is 64.5 Å². The van der Waals surface area contributed by atoms with E-state index in [1.54, 1.807) is 30.3 Å². The summed E-state index contributed by atoms with van der Waals surface area (Å²) in [5, 5.41) is 3.08. The fraction of sp³-hybridized carbons (Fsp3) is 0.0556. The molecule has 1 amide bonds. The second-order valence-electron chi connectivity index (χ2n) is 5.63. The second kappa shape index (κ2) is 6.69. The Labute approximate surface area is 156 Å². The highest BCUT2D eigenvalue weighted by Gasteiger charge is 2.20. The summed E-state index contributed by atoms with van der Waals surface area (Å²) in [5.41, 5.74) is 6.80. The number of nitrogens with one attached hydrogen (secondary N) is 2. The molecule has 1 aliphatic heterocycles. The summed E-state index contributed by atoms with van der Waals surface area (Å²) in [4.78, 5) is 21.0. The van der Waals surface area contributed by atoms with Crippen molar-refractivity contribution in [2.45, 2.75) is 12.3 Å². The first kappa shape index (κ1) is 18.3. The lowest BCUT2D eigenvalue weighted by Gasteiger charge is -2.13. The normalized spacial score (nSPS) is 15.3. The Kier molecular flexibility index (Phi) is 4.54. The number of aromatic nitrogens is 1. The number of nitrogens with two attached hydrogens (primary N) is 1. The first-order valence-electron chi connectivity index (χ1n) is 7.60. The number of hydrogen-bond acceptors (Lipinski definition) is 6. The van der Waals surface area contributed by atoms with Gasteiger partial charge >= 0.3 is 0 Å². The Morgan fingerprint density at radius 2 is 1.78 bits per heavy atom. The summed E-state index contributed by atoms with van der Waals surface area (Å²) in [7, 11) is -3.90. The fourth-order valence-corrected chi connectivity index (χ4v) is 3.71. The highest BCUT2D eigenvalue weighted by molar-refractivity contribution is 7.92. The average Bonchev–Trinajstić information content (AvgIpc) is 2.60. The van der Waals surface area contributed by atoms with Crippen LogP contribution in [0.5, 0.6) is 0 Å². The molecule has 138 valence electrons. The third-order valence-electron chi connectivity index (χ3n) is 3.82. The summed E-state index contributed by atoms with van der Waals surface area (Å²) in [6, 6.07) is 14.2. The van der Waals surface area contributed by atoms with Crippen LogP contribution >= 0.6 is 0 Å². The van der Waals surface area contributed by atoms with Crippen molar-refractivity contribution >= 4 is 44.3 Å². The van der Waals surface area contributed by atoms with Crippen LogP contribution in [-0.4, -0.2) is 25.3 Å². The molecule has 0 radical (unpaired) electrons. The number of nitrogens with zero attached hydrogens (tertiary/aromatic N) is 2. The van der Waals surface area contributed by atoms with Gasteiger partial charge in [0.1, 0.15) is 5.82 Å². The van der Waals surface area contributed by atoms with Crippen LogP contribution in [-0.2, 0) is 10.0 Å². The van der Waals surface area contributed by atoms with Gasteiger partial charge < -0.3 is 5.73 Å². The van der Waals surface area contributed by atoms with Gasteiger partial charge in [0, 0.05) is 5.39 Å². The van der Waals surface area contributed by atoms with Crippen LogP contribution in [0.4, 0.5) is 11.5 Å². The molecule has 0 unspecified atom stereocenters. The number of benzene rings is 2. The molecule has 3 aromatic rings. The summed E-state index contributed by atoms with van der Waals surface area (Å²) in [6.45, 7) is 0. The molecule has 27 heavy (non-hydrogen) atoms. The van der Waals surface area contributed by atoms with Crippen molar-refractivity contribution in [1.82, 2.24) is 10.3 Å². The quantitative estimate of drug-likeness (QED) is 0.549. The Balaban J connectivity index is 0.00000210. The maximum atomic E-state index is 12.7. The number of pyridine rings is 1. The summed E-state index contributed by atoms with van der Waals surface area (Å²) in [5.74, 6) is -0.613. The van der Waals surface area contributed by atoms with Gasteiger partial charge in [0.2, 0.25) is 5.96 Å². The smallest absolute Gasteiger partial charge is 0.263 e. The molecule has 4 bridgehead atoms. The van der Waals surface area contributed by atoms with Gasteiger partial charge in [-0.15, -0.1) is 0 Å². The van der Waals surface area contributed by atoms with Crippen molar-refractivity contribution in [1.29, 1.82) is 0 Å². The van der Waals surface area contributed by atoms with E-state index in [2.05, 4.69) is 20.0 Å². The number of carbonyl (C=O) groups is 1. The first-order valence-corrected chi connectivity index (χ1v) is 9.09. The van der Waals surface area contributed by atoms with Crippen LogP contribution in [0.3, 0.4) is 0 Å². The molecule has 8 nitrogen and oxygen atoms in total. The lowest BCUT2D eigenvalue weighted by Crippen LogP contribution is -2.36. The minimum atomic E-state index is -3.90. The van der Waals surface area contributed by atoms with Gasteiger partial charge in [0.25, 0.3) is 15.9 Å². The van der Waals surface area contributed by atoms with Crippen molar-refractivity contribution in [3.63, 3.8) is 0 Å². The van der Waals surface area contributed by atoms with Crippen molar-refractivity contribution in [3.05, 3.63) is 60.2 Å². The van der Waals surface area contributed by atoms with E-state index < -0.39 is 15.9 Å². The molecule has 4 rings (SSSR count). The van der Waals surface area contributed by atoms with E-state index in [1.807, 2.05) is 0 Å². The fourth-order valence-electron chi connectivity index (χ4n) is 2.68. The zero-order valence-corrected chi connectivity index (χ0v) is 14.1. The number of anilines is 1.